The quantitative estimate of drug-likeness (QED) is 0.422. The molecule has 0 radical (unpaired) electrons. The van der Waals surface area contributed by atoms with Gasteiger partial charge in [0.1, 0.15) is 0 Å². The summed E-state index contributed by atoms with van der Waals surface area (Å²) in [5, 5.41) is 25.2. The fourth-order valence-corrected chi connectivity index (χ4v) is 2.08. The minimum atomic E-state index is -0.588. The van der Waals surface area contributed by atoms with Crippen molar-refractivity contribution in [1.29, 1.82) is 0 Å². The standard InChI is InChI=1S/C18H16N4O6/c1-13-4-9-17(16(11-13)22(26)27)28-12-18(23)20-19-10-2-3-14-5-7-15(8-6-14)21(24)25/h2-11H,12H2,1H3,(H,20,23). The highest BCUT2D eigenvalue weighted by Gasteiger charge is 2.16. The first kappa shape index (κ1) is 20.2. The number of nitrogens with zero attached hydrogens (tertiary/aromatic N) is 3. The summed E-state index contributed by atoms with van der Waals surface area (Å²) in [6, 6.07) is 10.3. The lowest BCUT2D eigenvalue weighted by molar-refractivity contribution is -0.385. The number of hydrogen-bond acceptors (Lipinski definition) is 7. The highest BCUT2D eigenvalue weighted by Crippen LogP contribution is 2.27. The summed E-state index contributed by atoms with van der Waals surface area (Å²) >= 11 is 0. The van der Waals surface area contributed by atoms with Crippen molar-refractivity contribution < 1.29 is 19.4 Å². The van der Waals surface area contributed by atoms with Crippen LogP contribution in [-0.4, -0.2) is 28.6 Å². The van der Waals surface area contributed by atoms with Crippen LogP contribution in [0.5, 0.6) is 5.75 Å². The molecule has 0 bridgehead atoms. The zero-order chi connectivity index (χ0) is 20.5. The zero-order valence-electron chi connectivity index (χ0n) is 14.8. The van der Waals surface area contributed by atoms with Crippen molar-refractivity contribution in [3.63, 3.8) is 0 Å². The maximum absolute atomic E-state index is 11.7. The average molecular weight is 384 g/mol. The third kappa shape index (κ3) is 6.02. The largest absolute Gasteiger partial charge is 0.477 e. The summed E-state index contributed by atoms with van der Waals surface area (Å²) in [6.07, 6.45) is 4.49. The number of carbonyl (C=O) groups excluding carboxylic acids is 1. The molecule has 2 aromatic carbocycles. The van der Waals surface area contributed by atoms with Crippen LogP contribution in [-0.2, 0) is 4.79 Å². The van der Waals surface area contributed by atoms with Crippen LogP contribution in [0.15, 0.2) is 53.6 Å². The Labute approximate surface area is 159 Å². The summed E-state index contributed by atoms with van der Waals surface area (Å²) in [7, 11) is 0. The molecular weight excluding hydrogens is 368 g/mol. The smallest absolute Gasteiger partial charge is 0.311 e. The number of carbonyl (C=O) groups is 1. The van der Waals surface area contributed by atoms with Gasteiger partial charge in [-0.1, -0.05) is 12.1 Å². The van der Waals surface area contributed by atoms with Gasteiger partial charge in [0.2, 0.25) is 0 Å². The van der Waals surface area contributed by atoms with Crippen LogP contribution in [0.25, 0.3) is 6.08 Å². The highest BCUT2D eigenvalue weighted by atomic mass is 16.6. The molecular formula is C18H16N4O6. The summed E-state index contributed by atoms with van der Waals surface area (Å²) in [6.45, 7) is 1.27. The Morgan fingerprint density at radius 3 is 2.50 bits per heavy atom. The number of hydrazone groups is 1. The van der Waals surface area contributed by atoms with Crippen molar-refractivity contribution in [1.82, 2.24) is 5.43 Å². The Morgan fingerprint density at radius 2 is 1.86 bits per heavy atom. The van der Waals surface area contributed by atoms with E-state index in [-0.39, 0.29) is 17.1 Å². The summed E-state index contributed by atoms with van der Waals surface area (Å²) in [5.74, 6) is -0.595. The van der Waals surface area contributed by atoms with E-state index >= 15 is 0 Å². The number of allylic oxidation sites excluding steroid dienone is 1. The van der Waals surface area contributed by atoms with E-state index in [1.165, 1.54) is 36.6 Å². The first-order chi connectivity index (χ1) is 13.4. The fraction of sp³-hybridized carbons (Fsp3) is 0.111. The fourth-order valence-electron chi connectivity index (χ4n) is 2.08. The lowest BCUT2D eigenvalue weighted by atomic mass is 10.2. The third-order valence-electron chi connectivity index (χ3n) is 3.41. The number of nitrogens with one attached hydrogen (secondary N) is 1. The van der Waals surface area contributed by atoms with Gasteiger partial charge in [0.15, 0.2) is 12.4 Å². The molecule has 0 aliphatic heterocycles. The average Bonchev–Trinajstić information content (AvgIpc) is 2.67. The van der Waals surface area contributed by atoms with Gasteiger partial charge in [0, 0.05) is 24.4 Å². The van der Waals surface area contributed by atoms with E-state index < -0.39 is 22.4 Å². The van der Waals surface area contributed by atoms with E-state index in [1.807, 2.05) is 0 Å². The van der Waals surface area contributed by atoms with Crippen LogP contribution < -0.4 is 10.2 Å². The van der Waals surface area contributed by atoms with Crippen molar-refractivity contribution in [3.8, 4) is 5.75 Å². The van der Waals surface area contributed by atoms with Crippen LogP contribution in [0, 0.1) is 27.2 Å². The first-order valence-electron chi connectivity index (χ1n) is 7.97. The predicted octanol–water partition coefficient (Wildman–Crippen LogP) is 3.01. The molecule has 10 nitrogen and oxygen atoms in total. The molecule has 0 saturated carbocycles. The van der Waals surface area contributed by atoms with E-state index in [2.05, 4.69) is 10.5 Å². The Morgan fingerprint density at radius 1 is 1.14 bits per heavy atom. The summed E-state index contributed by atoms with van der Waals surface area (Å²) in [5.41, 5.74) is 3.41. The predicted molar refractivity (Wildman–Crippen MR) is 102 cm³/mol. The number of aryl methyl sites for hydroxylation is 1. The van der Waals surface area contributed by atoms with Crippen LogP contribution >= 0.6 is 0 Å². The Bertz CT molecular complexity index is 938. The molecule has 0 spiro atoms. The number of non-ortho nitro benzene ring substituents is 1. The van der Waals surface area contributed by atoms with E-state index in [9.17, 15) is 25.0 Å². The van der Waals surface area contributed by atoms with Gasteiger partial charge in [-0.05, 0) is 42.3 Å². The highest BCUT2D eigenvalue weighted by molar-refractivity contribution is 5.82. The van der Waals surface area contributed by atoms with Gasteiger partial charge < -0.3 is 4.74 Å². The monoisotopic (exact) mass is 384 g/mol. The van der Waals surface area contributed by atoms with Gasteiger partial charge in [0.05, 0.1) is 9.85 Å². The van der Waals surface area contributed by atoms with Gasteiger partial charge in [0.25, 0.3) is 11.6 Å². The molecule has 0 aromatic heterocycles. The topological polar surface area (TPSA) is 137 Å². The third-order valence-corrected chi connectivity index (χ3v) is 3.41. The molecule has 0 aliphatic carbocycles. The van der Waals surface area contributed by atoms with Gasteiger partial charge in [-0.25, -0.2) is 5.43 Å². The molecule has 2 rings (SSSR count). The van der Waals surface area contributed by atoms with Crippen molar-refractivity contribution in [2.75, 3.05) is 6.61 Å². The number of nitro benzene ring substituents is 2. The summed E-state index contributed by atoms with van der Waals surface area (Å²) < 4.78 is 5.17. The SMILES string of the molecule is Cc1ccc(OCC(=O)NN=CC=Cc2ccc([N+](=O)[O-])cc2)c([N+](=O)[O-])c1. The van der Waals surface area contributed by atoms with Crippen LogP contribution in [0.2, 0.25) is 0 Å². The molecule has 0 aliphatic rings. The van der Waals surface area contributed by atoms with Gasteiger partial charge >= 0.3 is 5.69 Å². The van der Waals surface area contributed by atoms with Crippen LogP contribution in [0.1, 0.15) is 11.1 Å². The molecule has 1 amide bonds. The molecule has 0 saturated heterocycles. The number of nitro groups is 2. The Kier molecular flexibility index (Phi) is 6.92. The van der Waals surface area contributed by atoms with Gasteiger partial charge in [-0.3, -0.25) is 25.0 Å². The number of amides is 1. The number of hydrogen-bond donors (Lipinski definition) is 1. The molecule has 0 fully saturated rings. The van der Waals surface area contributed by atoms with Crippen molar-refractivity contribution in [3.05, 3.63) is 79.9 Å². The Balaban J connectivity index is 1.82. The molecule has 0 heterocycles. The maximum atomic E-state index is 11.7. The molecule has 0 unspecified atom stereocenters. The van der Waals surface area contributed by atoms with Crippen molar-refractivity contribution in [2.45, 2.75) is 6.92 Å². The Hall–Kier alpha value is -4.08. The minimum Gasteiger partial charge on any atom is -0.477 e. The molecule has 1 N–H and O–H groups in total. The van der Waals surface area contributed by atoms with E-state index in [1.54, 1.807) is 31.2 Å². The minimum absolute atomic E-state index is 0.00667. The molecule has 10 heteroatoms. The number of benzene rings is 2. The normalized spacial score (nSPS) is 10.9. The second-order valence-electron chi connectivity index (χ2n) is 5.54. The van der Waals surface area contributed by atoms with E-state index in [4.69, 9.17) is 4.74 Å². The van der Waals surface area contributed by atoms with Crippen molar-refractivity contribution >= 4 is 29.6 Å². The molecule has 144 valence electrons. The number of ether oxygens (including phenoxy) is 1. The first-order valence-corrected chi connectivity index (χ1v) is 7.97. The van der Waals surface area contributed by atoms with Gasteiger partial charge in [-0.15, -0.1) is 0 Å². The van der Waals surface area contributed by atoms with Crippen molar-refractivity contribution in [2.24, 2.45) is 5.10 Å². The maximum Gasteiger partial charge on any atom is 0.311 e. The van der Waals surface area contributed by atoms with Crippen LogP contribution in [0.4, 0.5) is 11.4 Å². The molecule has 2 aromatic rings. The van der Waals surface area contributed by atoms with Gasteiger partial charge in [-0.2, -0.15) is 5.10 Å². The summed E-state index contributed by atoms with van der Waals surface area (Å²) in [4.78, 5) is 32.2. The molecule has 0 atom stereocenters. The second kappa shape index (κ2) is 9.57. The number of rotatable bonds is 8. The molecule has 28 heavy (non-hydrogen) atoms. The second-order valence-corrected chi connectivity index (χ2v) is 5.54. The zero-order valence-corrected chi connectivity index (χ0v) is 14.8. The van der Waals surface area contributed by atoms with E-state index in [0.717, 1.165) is 5.56 Å². The van der Waals surface area contributed by atoms with E-state index in [0.29, 0.717) is 5.56 Å². The lowest BCUT2D eigenvalue weighted by Gasteiger charge is -2.06. The van der Waals surface area contributed by atoms with Crippen LogP contribution in [0.3, 0.4) is 0 Å². The lowest BCUT2D eigenvalue weighted by Crippen LogP contribution is -2.24.